The maximum atomic E-state index is 10.3. The van der Waals surface area contributed by atoms with E-state index in [2.05, 4.69) is 18.7 Å². The van der Waals surface area contributed by atoms with Gasteiger partial charge in [0.2, 0.25) is 0 Å². The molecule has 0 bridgehead atoms. The van der Waals surface area contributed by atoms with Crippen molar-refractivity contribution in [2.24, 2.45) is 11.3 Å². The Bertz CT molecular complexity index is 558. The average Bonchev–Trinajstić information content (AvgIpc) is 2.62. The molecule has 1 aromatic carbocycles. The molecular weight excluding hydrogens is 316 g/mol. The van der Waals surface area contributed by atoms with Crippen molar-refractivity contribution in [3.8, 4) is 0 Å². The molecule has 0 heterocycles. The Balaban J connectivity index is 1.61. The van der Waals surface area contributed by atoms with E-state index in [1.807, 2.05) is 18.2 Å². The molecule has 4 atom stereocenters. The quantitative estimate of drug-likeness (QED) is 0.465. The molecule has 2 aliphatic rings. The van der Waals surface area contributed by atoms with E-state index in [0.29, 0.717) is 25.9 Å². The molecule has 3 rings (SSSR count). The topological polar surface area (TPSA) is 47.9 Å². The largest absolute Gasteiger partial charge is 0.389 e. The first-order chi connectivity index (χ1) is 12.1. The number of benzene rings is 1. The highest BCUT2D eigenvalue weighted by atomic mass is 16.7. The van der Waals surface area contributed by atoms with Crippen LogP contribution in [-0.4, -0.2) is 37.8 Å². The Morgan fingerprint density at radius 2 is 2.04 bits per heavy atom. The number of aliphatic hydroxyl groups is 1. The van der Waals surface area contributed by atoms with Crippen molar-refractivity contribution in [2.45, 2.75) is 50.9 Å². The van der Waals surface area contributed by atoms with Gasteiger partial charge in [-0.3, -0.25) is 0 Å². The number of ether oxygens (including phenoxy) is 3. The average molecular weight is 346 g/mol. The zero-order chi connectivity index (χ0) is 17.7. The van der Waals surface area contributed by atoms with Crippen molar-refractivity contribution in [1.29, 1.82) is 0 Å². The first-order valence-corrected chi connectivity index (χ1v) is 9.21. The normalized spacial score (nSPS) is 32.4. The third-order valence-electron chi connectivity index (χ3n) is 5.86. The molecule has 4 nitrogen and oxygen atoms in total. The summed E-state index contributed by atoms with van der Waals surface area (Å²) >= 11 is 0. The van der Waals surface area contributed by atoms with Gasteiger partial charge in [0.05, 0.1) is 25.4 Å². The molecule has 2 saturated carbocycles. The van der Waals surface area contributed by atoms with Crippen LogP contribution in [0.1, 0.15) is 37.7 Å². The molecule has 2 aliphatic carbocycles. The SMILES string of the molecule is C=C1C[C@@]2(COCOC)CC[C@H](OCc3ccccc3)C[C@@H]2C[C@H]1O. The maximum Gasteiger partial charge on any atom is 0.146 e. The van der Waals surface area contributed by atoms with Gasteiger partial charge in [-0.2, -0.15) is 0 Å². The van der Waals surface area contributed by atoms with Gasteiger partial charge >= 0.3 is 0 Å². The Morgan fingerprint density at radius 1 is 1.24 bits per heavy atom. The highest BCUT2D eigenvalue weighted by Gasteiger charge is 2.48. The summed E-state index contributed by atoms with van der Waals surface area (Å²) in [7, 11) is 1.65. The Morgan fingerprint density at radius 3 is 2.80 bits per heavy atom. The standard InChI is InChI=1S/C21H30O4/c1-16-12-21(14-24-15-23-2)9-8-19(10-18(21)11-20(16)22)25-13-17-6-4-3-5-7-17/h3-7,18-20,22H,1,8-15H2,2H3/t18-,19+,20-,21-/m1/s1. The van der Waals surface area contributed by atoms with E-state index in [9.17, 15) is 5.11 Å². The van der Waals surface area contributed by atoms with Crippen LogP contribution in [-0.2, 0) is 20.8 Å². The Labute approximate surface area is 150 Å². The van der Waals surface area contributed by atoms with E-state index in [1.165, 1.54) is 5.56 Å². The lowest BCUT2D eigenvalue weighted by Crippen LogP contribution is -2.48. The van der Waals surface area contributed by atoms with E-state index >= 15 is 0 Å². The number of hydrogen-bond acceptors (Lipinski definition) is 4. The van der Waals surface area contributed by atoms with Crippen molar-refractivity contribution < 1.29 is 19.3 Å². The summed E-state index contributed by atoms with van der Waals surface area (Å²) in [5.74, 6) is 0.402. The van der Waals surface area contributed by atoms with Crippen LogP contribution in [0.5, 0.6) is 0 Å². The molecule has 1 N–H and O–H groups in total. The smallest absolute Gasteiger partial charge is 0.146 e. The van der Waals surface area contributed by atoms with E-state index in [-0.39, 0.29) is 11.5 Å². The molecule has 2 fully saturated rings. The molecule has 0 amide bonds. The van der Waals surface area contributed by atoms with Gasteiger partial charge in [0.15, 0.2) is 0 Å². The van der Waals surface area contributed by atoms with Gasteiger partial charge < -0.3 is 19.3 Å². The van der Waals surface area contributed by atoms with Crippen LogP contribution in [0.15, 0.2) is 42.5 Å². The molecule has 0 aliphatic heterocycles. The summed E-state index contributed by atoms with van der Waals surface area (Å²) in [6.07, 6.45) is 4.52. The predicted octanol–water partition coefficient (Wildman–Crippen LogP) is 3.69. The van der Waals surface area contributed by atoms with Crippen LogP contribution < -0.4 is 0 Å². The maximum absolute atomic E-state index is 10.3. The number of rotatable bonds is 7. The van der Waals surface area contributed by atoms with Crippen LogP contribution in [0, 0.1) is 11.3 Å². The van der Waals surface area contributed by atoms with Crippen LogP contribution in [0.4, 0.5) is 0 Å². The fourth-order valence-electron chi connectivity index (χ4n) is 4.43. The van der Waals surface area contributed by atoms with Gasteiger partial charge in [0, 0.05) is 12.5 Å². The number of aliphatic hydroxyl groups excluding tert-OH is 1. The minimum absolute atomic E-state index is 0.0709. The van der Waals surface area contributed by atoms with Gasteiger partial charge in [0.25, 0.3) is 0 Å². The van der Waals surface area contributed by atoms with Gasteiger partial charge in [-0.1, -0.05) is 36.9 Å². The third-order valence-corrected chi connectivity index (χ3v) is 5.86. The van der Waals surface area contributed by atoms with E-state index in [0.717, 1.165) is 37.7 Å². The zero-order valence-corrected chi connectivity index (χ0v) is 15.2. The second kappa shape index (κ2) is 8.45. The molecule has 0 radical (unpaired) electrons. The lowest BCUT2D eigenvalue weighted by atomic mass is 9.57. The van der Waals surface area contributed by atoms with Crippen molar-refractivity contribution in [3.63, 3.8) is 0 Å². The summed E-state index contributed by atoms with van der Waals surface area (Å²) in [4.78, 5) is 0. The molecule has 0 spiro atoms. The second-order valence-electron chi connectivity index (χ2n) is 7.59. The summed E-state index contributed by atoms with van der Waals surface area (Å²) in [5, 5.41) is 10.3. The molecule has 0 unspecified atom stereocenters. The van der Waals surface area contributed by atoms with Gasteiger partial charge in [-0.05, 0) is 49.2 Å². The fourth-order valence-corrected chi connectivity index (χ4v) is 4.43. The highest BCUT2D eigenvalue weighted by Crippen LogP contribution is 2.52. The first kappa shape index (κ1) is 18.6. The first-order valence-electron chi connectivity index (χ1n) is 9.21. The van der Waals surface area contributed by atoms with Crippen molar-refractivity contribution in [1.82, 2.24) is 0 Å². The molecule has 138 valence electrons. The van der Waals surface area contributed by atoms with Crippen LogP contribution in [0.25, 0.3) is 0 Å². The molecule has 0 saturated heterocycles. The van der Waals surface area contributed by atoms with Gasteiger partial charge in [0.1, 0.15) is 6.79 Å². The summed E-state index contributed by atoms with van der Waals surface area (Å²) in [6, 6.07) is 10.3. The van der Waals surface area contributed by atoms with E-state index in [4.69, 9.17) is 14.2 Å². The second-order valence-corrected chi connectivity index (χ2v) is 7.59. The highest BCUT2D eigenvalue weighted by molar-refractivity contribution is 5.15. The zero-order valence-electron chi connectivity index (χ0n) is 15.2. The van der Waals surface area contributed by atoms with E-state index < -0.39 is 6.10 Å². The number of hydrogen-bond donors (Lipinski definition) is 1. The Kier molecular flexibility index (Phi) is 6.29. The number of fused-ring (bicyclic) bond motifs is 1. The third kappa shape index (κ3) is 4.50. The molecule has 1 aromatic rings. The van der Waals surface area contributed by atoms with Crippen molar-refractivity contribution in [3.05, 3.63) is 48.0 Å². The van der Waals surface area contributed by atoms with Crippen LogP contribution in [0.2, 0.25) is 0 Å². The van der Waals surface area contributed by atoms with Crippen LogP contribution >= 0.6 is 0 Å². The van der Waals surface area contributed by atoms with Crippen molar-refractivity contribution >= 4 is 0 Å². The lowest BCUT2D eigenvalue weighted by molar-refractivity contribution is -0.125. The lowest BCUT2D eigenvalue weighted by Gasteiger charge is -2.51. The minimum Gasteiger partial charge on any atom is -0.389 e. The summed E-state index contributed by atoms with van der Waals surface area (Å²) in [5.41, 5.74) is 2.22. The molecule has 25 heavy (non-hydrogen) atoms. The molecule has 0 aromatic heterocycles. The van der Waals surface area contributed by atoms with Crippen LogP contribution in [0.3, 0.4) is 0 Å². The van der Waals surface area contributed by atoms with E-state index in [1.54, 1.807) is 7.11 Å². The molecule has 4 heteroatoms. The Hall–Kier alpha value is -1.20. The monoisotopic (exact) mass is 346 g/mol. The van der Waals surface area contributed by atoms with Gasteiger partial charge in [-0.25, -0.2) is 0 Å². The summed E-state index contributed by atoms with van der Waals surface area (Å²) < 4.78 is 17.0. The summed E-state index contributed by atoms with van der Waals surface area (Å²) in [6.45, 7) is 5.73. The number of methoxy groups -OCH3 is 1. The fraction of sp³-hybridized carbons (Fsp3) is 0.619. The molecular formula is C21H30O4. The predicted molar refractivity (Wildman–Crippen MR) is 97.0 cm³/mol. The van der Waals surface area contributed by atoms with Gasteiger partial charge in [-0.15, -0.1) is 0 Å². The van der Waals surface area contributed by atoms with Crippen molar-refractivity contribution in [2.75, 3.05) is 20.5 Å². The minimum atomic E-state index is -0.395.